The van der Waals surface area contributed by atoms with Gasteiger partial charge in [-0.1, -0.05) is 36.4 Å². The molecule has 0 amide bonds. The van der Waals surface area contributed by atoms with Crippen molar-refractivity contribution in [2.75, 3.05) is 6.67 Å². The van der Waals surface area contributed by atoms with Crippen LogP contribution < -0.4 is 0 Å². The molecule has 0 radical (unpaired) electrons. The minimum absolute atomic E-state index is 0.00138. The molecule has 0 bridgehead atoms. The van der Waals surface area contributed by atoms with Gasteiger partial charge >= 0.3 is 0 Å². The quantitative estimate of drug-likeness (QED) is 0.319. The van der Waals surface area contributed by atoms with E-state index < -0.39 is 14.8 Å². The molecule has 36 heavy (non-hydrogen) atoms. The van der Waals surface area contributed by atoms with Gasteiger partial charge in [0, 0.05) is 42.9 Å². The molecule has 3 aromatic rings. The first-order chi connectivity index (χ1) is 17.3. The van der Waals surface area contributed by atoms with E-state index >= 15 is 0 Å². The van der Waals surface area contributed by atoms with Gasteiger partial charge in [-0.2, -0.15) is 10.1 Å². The lowest BCUT2D eigenvalue weighted by molar-refractivity contribution is -0.385. The average Bonchev–Trinajstić information content (AvgIpc) is 2.86. The number of nitro groups is 3. The van der Waals surface area contributed by atoms with E-state index in [-0.39, 0.29) is 17.1 Å². The number of rotatable bonds is 9. The Bertz CT molecular complexity index is 1280. The molecule has 4 rings (SSSR count). The summed E-state index contributed by atoms with van der Waals surface area (Å²) in [6.45, 7) is 1.61. The summed E-state index contributed by atoms with van der Waals surface area (Å²) >= 11 is 0. The van der Waals surface area contributed by atoms with Crippen molar-refractivity contribution in [3.8, 4) is 0 Å². The molecular formula is C23H21N7O6. The van der Waals surface area contributed by atoms with E-state index in [1.54, 1.807) is 47.7 Å². The molecule has 0 spiro atoms. The fourth-order valence-corrected chi connectivity index (χ4v) is 3.66. The summed E-state index contributed by atoms with van der Waals surface area (Å²) < 4.78 is 0. The Morgan fingerprint density at radius 2 is 1.00 bits per heavy atom. The van der Waals surface area contributed by atoms with Crippen LogP contribution in [0.3, 0.4) is 0 Å². The van der Waals surface area contributed by atoms with E-state index in [0.717, 1.165) is 16.7 Å². The van der Waals surface area contributed by atoms with E-state index in [4.69, 9.17) is 0 Å². The lowest BCUT2D eigenvalue weighted by Gasteiger charge is -2.40. The molecule has 0 saturated heterocycles. The largest absolute Gasteiger partial charge is 0.288 e. The fraction of sp³-hybridized carbons (Fsp3) is 0.174. The van der Waals surface area contributed by atoms with E-state index in [9.17, 15) is 30.3 Å². The van der Waals surface area contributed by atoms with E-state index in [2.05, 4.69) is 5.10 Å². The maximum Gasteiger partial charge on any atom is 0.269 e. The molecule has 1 aliphatic rings. The summed E-state index contributed by atoms with van der Waals surface area (Å²) in [5.74, 6) is 0. The van der Waals surface area contributed by atoms with Gasteiger partial charge in [-0.25, -0.2) is 0 Å². The summed E-state index contributed by atoms with van der Waals surface area (Å²) in [6.07, 6.45) is 1.64. The van der Waals surface area contributed by atoms with Crippen molar-refractivity contribution in [2.45, 2.75) is 19.6 Å². The Balaban J connectivity index is 1.52. The Morgan fingerprint density at radius 1 is 0.611 bits per heavy atom. The molecule has 3 aromatic carbocycles. The van der Waals surface area contributed by atoms with Crippen LogP contribution in [0.25, 0.3) is 0 Å². The first-order valence-electron chi connectivity index (χ1n) is 10.8. The van der Waals surface area contributed by atoms with E-state index in [1.165, 1.54) is 36.4 Å². The molecule has 13 nitrogen and oxygen atoms in total. The van der Waals surface area contributed by atoms with Gasteiger partial charge in [0.15, 0.2) is 0 Å². The number of hydrogen-bond acceptors (Lipinski definition) is 10. The van der Waals surface area contributed by atoms with Crippen molar-refractivity contribution >= 4 is 23.4 Å². The summed E-state index contributed by atoms with van der Waals surface area (Å²) in [7, 11) is 0. The molecule has 1 aliphatic heterocycles. The molecule has 0 N–H and O–H groups in total. The Kier molecular flexibility index (Phi) is 7.11. The summed E-state index contributed by atoms with van der Waals surface area (Å²) in [6, 6.07) is 18.8. The average molecular weight is 491 g/mol. The van der Waals surface area contributed by atoms with Crippen molar-refractivity contribution in [2.24, 2.45) is 5.10 Å². The lowest BCUT2D eigenvalue weighted by Crippen LogP contribution is -2.49. The number of nitrogens with zero attached hydrogens (tertiary/aromatic N) is 7. The van der Waals surface area contributed by atoms with Gasteiger partial charge in [-0.05, 0) is 16.7 Å². The van der Waals surface area contributed by atoms with Gasteiger partial charge in [0.05, 0.1) is 27.9 Å². The van der Waals surface area contributed by atoms with Crippen LogP contribution in [0, 0.1) is 30.3 Å². The number of benzene rings is 3. The molecule has 0 aromatic heterocycles. The number of hydrogen-bond donors (Lipinski definition) is 0. The fourth-order valence-electron chi connectivity index (χ4n) is 3.66. The third kappa shape index (κ3) is 5.95. The van der Waals surface area contributed by atoms with Crippen LogP contribution in [0.2, 0.25) is 0 Å². The highest BCUT2D eigenvalue weighted by Crippen LogP contribution is 2.21. The number of hydrazone groups is 1. The molecular weight excluding hydrogens is 470 g/mol. The second-order valence-corrected chi connectivity index (χ2v) is 8.07. The lowest BCUT2D eigenvalue weighted by atomic mass is 10.2. The maximum atomic E-state index is 11.0. The van der Waals surface area contributed by atoms with Gasteiger partial charge < -0.3 is 0 Å². The molecule has 13 heteroatoms. The van der Waals surface area contributed by atoms with E-state index in [0.29, 0.717) is 26.3 Å². The number of nitro benzene ring substituents is 3. The number of non-ortho nitro benzene ring substituents is 3. The predicted molar refractivity (Wildman–Crippen MR) is 129 cm³/mol. The minimum atomic E-state index is -0.455. The highest BCUT2D eigenvalue weighted by molar-refractivity contribution is 5.55. The summed E-state index contributed by atoms with van der Waals surface area (Å²) in [5.41, 5.74) is 2.54. The van der Waals surface area contributed by atoms with Crippen molar-refractivity contribution in [3.63, 3.8) is 0 Å². The summed E-state index contributed by atoms with van der Waals surface area (Å²) in [4.78, 5) is 31.5. The van der Waals surface area contributed by atoms with Crippen LogP contribution in [0.15, 0.2) is 77.9 Å². The van der Waals surface area contributed by atoms with E-state index in [1.807, 2.05) is 10.0 Å². The first kappa shape index (κ1) is 24.2. The zero-order valence-electron chi connectivity index (χ0n) is 18.9. The second-order valence-electron chi connectivity index (χ2n) is 8.07. The Labute approximate surface area is 204 Å². The summed E-state index contributed by atoms with van der Waals surface area (Å²) in [5, 5.41) is 43.0. The monoisotopic (exact) mass is 491 g/mol. The molecule has 0 aliphatic carbocycles. The number of hydrazine groups is 1. The highest BCUT2D eigenvalue weighted by atomic mass is 16.6. The SMILES string of the molecule is O=[N+]([O-])c1ccc(CN2CN(Cc3ccc([N+](=O)[O-])cc3)N(Cc3ccc([N+](=O)[O-])cc3)C=N2)cc1. The Morgan fingerprint density at radius 3 is 1.42 bits per heavy atom. The van der Waals surface area contributed by atoms with Crippen LogP contribution in [0.5, 0.6) is 0 Å². The van der Waals surface area contributed by atoms with Crippen LogP contribution in [0.1, 0.15) is 16.7 Å². The third-order valence-electron chi connectivity index (χ3n) is 5.55. The van der Waals surface area contributed by atoms with Crippen molar-refractivity contribution < 1.29 is 14.8 Å². The first-order valence-corrected chi connectivity index (χ1v) is 10.8. The minimum Gasteiger partial charge on any atom is -0.288 e. The van der Waals surface area contributed by atoms with Crippen molar-refractivity contribution in [3.05, 3.63) is 120 Å². The van der Waals surface area contributed by atoms with Crippen LogP contribution >= 0.6 is 0 Å². The molecule has 0 atom stereocenters. The topological polar surface area (TPSA) is 152 Å². The standard InChI is InChI=1S/C23H21N7O6/c31-28(32)21-7-1-18(2-8-21)13-25-17-27(15-20-5-11-23(12-6-20)30(35)36)26(16-24-25)14-19-3-9-22(10-4-19)29(33)34/h1-12,16H,13-15,17H2. The van der Waals surface area contributed by atoms with Crippen molar-refractivity contribution in [1.29, 1.82) is 0 Å². The Hall–Kier alpha value is -4.91. The third-order valence-corrected chi connectivity index (χ3v) is 5.55. The predicted octanol–water partition coefficient (Wildman–Crippen LogP) is 4.05. The smallest absolute Gasteiger partial charge is 0.269 e. The van der Waals surface area contributed by atoms with Crippen LogP contribution in [0.4, 0.5) is 17.1 Å². The van der Waals surface area contributed by atoms with Gasteiger partial charge in [0.25, 0.3) is 17.1 Å². The maximum absolute atomic E-state index is 11.0. The molecule has 1 heterocycles. The highest BCUT2D eigenvalue weighted by Gasteiger charge is 2.22. The van der Waals surface area contributed by atoms with Crippen LogP contribution in [-0.4, -0.2) is 42.8 Å². The molecule has 0 fully saturated rings. The zero-order chi connectivity index (χ0) is 25.7. The van der Waals surface area contributed by atoms with Crippen LogP contribution in [-0.2, 0) is 19.6 Å². The van der Waals surface area contributed by atoms with Gasteiger partial charge in [-0.15, -0.1) is 0 Å². The molecule has 0 saturated carbocycles. The molecule has 184 valence electrons. The van der Waals surface area contributed by atoms with Gasteiger partial charge in [0.1, 0.15) is 13.0 Å². The van der Waals surface area contributed by atoms with Crippen molar-refractivity contribution in [1.82, 2.24) is 15.0 Å². The van der Waals surface area contributed by atoms with Gasteiger partial charge in [0.2, 0.25) is 0 Å². The molecule has 0 unspecified atom stereocenters. The normalized spacial score (nSPS) is 13.6. The van der Waals surface area contributed by atoms with Gasteiger partial charge in [-0.3, -0.25) is 40.4 Å². The second kappa shape index (κ2) is 10.6. The zero-order valence-corrected chi connectivity index (χ0v) is 18.9.